The lowest BCUT2D eigenvalue weighted by atomic mass is 10.3. The molecule has 60 valence electrons. The van der Waals surface area contributed by atoms with Gasteiger partial charge in [0.1, 0.15) is 6.61 Å². The molecule has 0 N–H and O–H groups in total. The smallest absolute Gasteiger partial charge is 0.114 e. The monoisotopic (exact) mass is 145 g/mol. The van der Waals surface area contributed by atoms with E-state index in [1.807, 2.05) is 13.8 Å². The molecular formula is C7H15NO2. The van der Waals surface area contributed by atoms with Gasteiger partial charge in [-0.05, 0) is 13.8 Å². The van der Waals surface area contributed by atoms with E-state index >= 15 is 0 Å². The van der Waals surface area contributed by atoms with Gasteiger partial charge in [0.15, 0.2) is 0 Å². The Kier molecular flexibility index (Phi) is 6.18. The highest BCUT2D eigenvalue weighted by Gasteiger charge is 1.89. The highest BCUT2D eigenvalue weighted by atomic mass is 16.6. The fourth-order valence-electron chi connectivity index (χ4n) is 0.470. The zero-order valence-electron chi connectivity index (χ0n) is 6.89. The first kappa shape index (κ1) is 9.43. The molecule has 0 atom stereocenters. The summed E-state index contributed by atoms with van der Waals surface area (Å²) in [6.45, 7) is 5.18. The van der Waals surface area contributed by atoms with Crippen molar-refractivity contribution in [2.45, 2.75) is 20.3 Å². The molecule has 0 spiro atoms. The van der Waals surface area contributed by atoms with Gasteiger partial charge in [0.05, 0.1) is 12.3 Å². The van der Waals surface area contributed by atoms with Gasteiger partial charge in [-0.1, -0.05) is 5.16 Å². The Balaban J connectivity index is 3.30. The molecule has 3 heteroatoms. The number of nitrogens with zero attached hydrogens (tertiary/aromatic N) is 1. The molecule has 0 amide bonds. The minimum Gasteiger partial charge on any atom is -0.396 e. The molecule has 0 aliphatic heterocycles. The Labute approximate surface area is 62.0 Å². The minimum absolute atomic E-state index is 0.629. The van der Waals surface area contributed by atoms with E-state index in [0.717, 1.165) is 12.1 Å². The van der Waals surface area contributed by atoms with Gasteiger partial charge in [0, 0.05) is 13.5 Å². The maximum absolute atomic E-state index is 4.86. The lowest BCUT2D eigenvalue weighted by molar-refractivity contribution is 0.155. The number of rotatable bonds is 5. The summed E-state index contributed by atoms with van der Waals surface area (Å²) in [5.41, 5.74) is 0.976. The van der Waals surface area contributed by atoms with Gasteiger partial charge in [-0.25, -0.2) is 0 Å². The molecule has 0 heterocycles. The van der Waals surface area contributed by atoms with Gasteiger partial charge in [-0.3, -0.25) is 0 Å². The summed E-state index contributed by atoms with van der Waals surface area (Å²) in [7, 11) is 1.67. The summed E-state index contributed by atoms with van der Waals surface area (Å²) in [5, 5.41) is 3.82. The van der Waals surface area contributed by atoms with Crippen molar-refractivity contribution < 1.29 is 9.57 Å². The summed E-state index contributed by atoms with van der Waals surface area (Å²) >= 11 is 0. The fourth-order valence-corrected chi connectivity index (χ4v) is 0.470. The number of methoxy groups -OCH3 is 1. The van der Waals surface area contributed by atoms with E-state index in [0.29, 0.717) is 13.2 Å². The van der Waals surface area contributed by atoms with Gasteiger partial charge in [-0.2, -0.15) is 0 Å². The van der Waals surface area contributed by atoms with E-state index in [1.165, 1.54) is 0 Å². The average molecular weight is 145 g/mol. The quantitative estimate of drug-likeness (QED) is 0.433. The third-order valence-corrected chi connectivity index (χ3v) is 1.02. The Hall–Kier alpha value is -0.570. The molecule has 0 aliphatic rings. The molecule has 0 unspecified atom stereocenters. The van der Waals surface area contributed by atoms with E-state index in [2.05, 4.69) is 5.16 Å². The van der Waals surface area contributed by atoms with E-state index in [1.54, 1.807) is 7.11 Å². The molecule has 0 aliphatic carbocycles. The van der Waals surface area contributed by atoms with Crippen molar-refractivity contribution in [1.82, 2.24) is 0 Å². The maximum Gasteiger partial charge on any atom is 0.114 e. The van der Waals surface area contributed by atoms with Crippen LogP contribution in [0.25, 0.3) is 0 Å². The van der Waals surface area contributed by atoms with Gasteiger partial charge < -0.3 is 9.57 Å². The van der Waals surface area contributed by atoms with Crippen LogP contribution >= 0.6 is 0 Å². The number of ether oxygens (including phenoxy) is 1. The third-order valence-electron chi connectivity index (χ3n) is 1.02. The third kappa shape index (κ3) is 5.56. The Morgan fingerprint density at radius 2 is 2.20 bits per heavy atom. The van der Waals surface area contributed by atoms with E-state index < -0.39 is 0 Å². The van der Waals surface area contributed by atoms with Crippen LogP contribution in [-0.2, 0) is 9.57 Å². The average Bonchev–Trinajstić information content (AvgIpc) is 1.97. The maximum atomic E-state index is 4.86. The van der Waals surface area contributed by atoms with Gasteiger partial charge in [0.25, 0.3) is 0 Å². The second-order valence-corrected chi connectivity index (χ2v) is 1.99. The van der Waals surface area contributed by atoms with Crippen molar-refractivity contribution in [3.8, 4) is 0 Å². The Morgan fingerprint density at radius 1 is 1.50 bits per heavy atom. The van der Waals surface area contributed by atoms with Crippen LogP contribution in [0.2, 0.25) is 0 Å². The summed E-state index contributed by atoms with van der Waals surface area (Å²) in [6.07, 6.45) is 0.844. The predicted molar refractivity (Wildman–Crippen MR) is 41.2 cm³/mol. The van der Waals surface area contributed by atoms with E-state index in [9.17, 15) is 0 Å². The van der Waals surface area contributed by atoms with Crippen LogP contribution in [0, 0.1) is 0 Å². The van der Waals surface area contributed by atoms with Crippen molar-refractivity contribution in [2.24, 2.45) is 5.16 Å². The summed E-state index contributed by atoms with van der Waals surface area (Å²) in [4.78, 5) is 4.82. The van der Waals surface area contributed by atoms with Crippen LogP contribution in [0.5, 0.6) is 0 Å². The molecule has 0 saturated carbocycles. The Bertz CT molecular complexity index is 102. The molecule has 10 heavy (non-hydrogen) atoms. The molecule has 0 radical (unpaired) electrons. The van der Waals surface area contributed by atoms with Crippen molar-refractivity contribution in [3.05, 3.63) is 0 Å². The van der Waals surface area contributed by atoms with Crippen LogP contribution in [0.3, 0.4) is 0 Å². The standard InChI is InChI=1S/C7H15NO2/c1-4-10-8-7(2)5-6-9-3/h4-6H2,1-3H3/b8-7+. The van der Waals surface area contributed by atoms with E-state index in [4.69, 9.17) is 9.57 Å². The predicted octanol–water partition coefficient (Wildman–Crippen LogP) is 1.44. The summed E-state index contributed by atoms with van der Waals surface area (Å²) in [6, 6.07) is 0. The first-order chi connectivity index (χ1) is 4.81. The van der Waals surface area contributed by atoms with Crippen molar-refractivity contribution >= 4 is 5.71 Å². The molecule has 0 aromatic heterocycles. The van der Waals surface area contributed by atoms with Crippen molar-refractivity contribution in [3.63, 3.8) is 0 Å². The van der Waals surface area contributed by atoms with Gasteiger partial charge >= 0.3 is 0 Å². The van der Waals surface area contributed by atoms with Gasteiger partial charge in [0.2, 0.25) is 0 Å². The second kappa shape index (κ2) is 6.55. The molecule has 0 fully saturated rings. The lowest BCUT2D eigenvalue weighted by Gasteiger charge is -1.98. The molecule has 0 saturated heterocycles. The minimum atomic E-state index is 0.629. The lowest BCUT2D eigenvalue weighted by Crippen LogP contribution is -1.98. The zero-order chi connectivity index (χ0) is 7.82. The van der Waals surface area contributed by atoms with Crippen LogP contribution in [0.1, 0.15) is 20.3 Å². The number of hydrogen-bond acceptors (Lipinski definition) is 3. The Morgan fingerprint density at radius 3 is 2.70 bits per heavy atom. The van der Waals surface area contributed by atoms with Gasteiger partial charge in [-0.15, -0.1) is 0 Å². The first-order valence-corrected chi connectivity index (χ1v) is 3.45. The number of oxime groups is 1. The molecule has 0 aromatic carbocycles. The van der Waals surface area contributed by atoms with Crippen molar-refractivity contribution in [2.75, 3.05) is 20.3 Å². The van der Waals surface area contributed by atoms with E-state index in [-0.39, 0.29) is 0 Å². The van der Waals surface area contributed by atoms with Crippen LogP contribution in [-0.4, -0.2) is 26.0 Å². The first-order valence-electron chi connectivity index (χ1n) is 3.45. The molecular weight excluding hydrogens is 130 g/mol. The van der Waals surface area contributed by atoms with Crippen molar-refractivity contribution in [1.29, 1.82) is 0 Å². The normalized spacial score (nSPS) is 11.7. The molecule has 0 aromatic rings. The zero-order valence-corrected chi connectivity index (χ0v) is 6.89. The molecule has 3 nitrogen and oxygen atoms in total. The topological polar surface area (TPSA) is 30.8 Å². The number of hydrogen-bond donors (Lipinski definition) is 0. The highest BCUT2D eigenvalue weighted by Crippen LogP contribution is 1.87. The van der Waals surface area contributed by atoms with Crippen LogP contribution < -0.4 is 0 Å². The fraction of sp³-hybridized carbons (Fsp3) is 0.857. The molecule has 0 bridgehead atoms. The highest BCUT2D eigenvalue weighted by molar-refractivity contribution is 5.81. The molecule has 0 rings (SSSR count). The SMILES string of the molecule is CCO/N=C(\C)CCOC. The summed E-state index contributed by atoms with van der Waals surface area (Å²) < 4.78 is 4.86. The van der Waals surface area contributed by atoms with Crippen LogP contribution in [0.15, 0.2) is 5.16 Å². The second-order valence-electron chi connectivity index (χ2n) is 1.99. The largest absolute Gasteiger partial charge is 0.396 e. The summed E-state index contributed by atoms with van der Waals surface area (Å²) in [5.74, 6) is 0. The van der Waals surface area contributed by atoms with Crippen LogP contribution in [0.4, 0.5) is 0 Å².